The molecule has 2 fully saturated rings. The number of unbranched alkanes of at least 4 members (excludes halogenated alkanes) is 1. The van der Waals surface area contributed by atoms with E-state index in [0.717, 1.165) is 27.5 Å². The lowest BCUT2D eigenvalue weighted by Gasteiger charge is -2.36. The molecular formula is C41H41N9O7S. The Hall–Kier alpha value is -6.62. The number of amides is 5. The van der Waals surface area contributed by atoms with Crippen molar-refractivity contribution >= 4 is 68.0 Å². The van der Waals surface area contributed by atoms with E-state index >= 15 is 0 Å². The zero-order valence-electron chi connectivity index (χ0n) is 31.7. The van der Waals surface area contributed by atoms with Crippen molar-refractivity contribution in [1.29, 1.82) is 0 Å². The van der Waals surface area contributed by atoms with Crippen LogP contribution in [0.4, 0.5) is 23.0 Å². The second kappa shape index (κ2) is 15.7. The van der Waals surface area contributed by atoms with E-state index in [0.29, 0.717) is 69.3 Å². The summed E-state index contributed by atoms with van der Waals surface area (Å²) < 4.78 is 25.5. The van der Waals surface area contributed by atoms with Gasteiger partial charge < -0.3 is 20.4 Å². The van der Waals surface area contributed by atoms with E-state index in [1.165, 1.54) is 6.26 Å². The maximum Gasteiger partial charge on any atom is 0.264 e. The molecule has 0 aliphatic carbocycles. The van der Waals surface area contributed by atoms with Gasteiger partial charge in [-0.15, -0.1) is 5.10 Å². The Bertz CT molecular complexity index is 2550. The molecule has 0 saturated carbocycles. The molecule has 17 heteroatoms. The van der Waals surface area contributed by atoms with E-state index in [2.05, 4.69) is 30.9 Å². The minimum atomic E-state index is -3.30. The van der Waals surface area contributed by atoms with Crippen molar-refractivity contribution in [2.24, 2.45) is 0 Å². The van der Waals surface area contributed by atoms with Crippen molar-refractivity contribution in [2.75, 3.05) is 54.5 Å². The van der Waals surface area contributed by atoms with Crippen LogP contribution in [-0.2, 0) is 24.2 Å². The summed E-state index contributed by atoms with van der Waals surface area (Å²) >= 11 is 0. The number of piperidine rings is 1. The predicted octanol–water partition coefficient (Wildman–Crippen LogP) is 3.88. The minimum Gasteiger partial charge on any atom is -0.384 e. The molecule has 5 amide bonds. The van der Waals surface area contributed by atoms with Crippen LogP contribution in [-0.4, -0.2) is 107 Å². The Kier molecular flexibility index (Phi) is 10.4. The molecule has 1 atom stereocenters. The highest BCUT2D eigenvalue weighted by Crippen LogP contribution is 2.33. The number of nitrogens with one attached hydrogen (secondary N) is 3. The van der Waals surface area contributed by atoms with E-state index in [4.69, 9.17) is 0 Å². The van der Waals surface area contributed by atoms with E-state index in [1.54, 1.807) is 47.0 Å². The van der Waals surface area contributed by atoms with Gasteiger partial charge in [0.05, 0.1) is 21.7 Å². The number of aromatic nitrogens is 3. The quantitative estimate of drug-likeness (QED) is 0.122. The SMILES string of the molecule is CS(=O)(=O)c1ccc(-c2cccc3nc(Nc4ccc(N5CCN(C(=O)CCCCNc6cccc7c6C(=O)N(C6CCC(=O)NC6=O)C7=O)CC5)cc4)nn23)cc1. The number of piperazine rings is 1. The maximum absolute atomic E-state index is 13.3. The normalized spacial score (nSPS) is 17.1. The summed E-state index contributed by atoms with van der Waals surface area (Å²) in [5.74, 6) is -1.67. The number of carbonyl (C=O) groups is 5. The summed E-state index contributed by atoms with van der Waals surface area (Å²) in [7, 11) is -3.30. The Balaban J connectivity index is 0.790. The Morgan fingerprint density at radius 3 is 2.33 bits per heavy atom. The van der Waals surface area contributed by atoms with Gasteiger partial charge in [0.1, 0.15) is 6.04 Å². The number of benzene rings is 3. The van der Waals surface area contributed by atoms with Crippen LogP contribution in [0.1, 0.15) is 52.8 Å². The summed E-state index contributed by atoms with van der Waals surface area (Å²) in [5.41, 5.74) is 5.01. The average Bonchev–Trinajstić information content (AvgIpc) is 3.75. The van der Waals surface area contributed by atoms with Gasteiger partial charge in [-0.2, -0.15) is 4.98 Å². The molecule has 0 spiro atoms. The van der Waals surface area contributed by atoms with Gasteiger partial charge in [0.2, 0.25) is 23.7 Å². The number of hydrogen-bond acceptors (Lipinski definition) is 12. The van der Waals surface area contributed by atoms with Gasteiger partial charge in [0, 0.05) is 74.4 Å². The van der Waals surface area contributed by atoms with Gasteiger partial charge in [0.15, 0.2) is 15.5 Å². The average molecular weight is 804 g/mol. The Labute approximate surface area is 334 Å². The number of anilines is 4. The summed E-state index contributed by atoms with van der Waals surface area (Å²) in [6.45, 7) is 3.10. The zero-order chi connectivity index (χ0) is 40.6. The van der Waals surface area contributed by atoms with Crippen LogP contribution in [0, 0.1) is 0 Å². The van der Waals surface area contributed by atoms with Crippen LogP contribution in [0.2, 0.25) is 0 Å². The maximum atomic E-state index is 13.3. The Morgan fingerprint density at radius 2 is 1.60 bits per heavy atom. The first kappa shape index (κ1) is 38.3. The predicted molar refractivity (Wildman–Crippen MR) is 216 cm³/mol. The van der Waals surface area contributed by atoms with Gasteiger partial charge in [-0.05, 0) is 79.9 Å². The molecule has 2 saturated heterocycles. The molecule has 298 valence electrons. The molecule has 16 nitrogen and oxygen atoms in total. The van der Waals surface area contributed by atoms with Crippen LogP contribution >= 0.6 is 0 Å². The molecule has 0 radical (unpaired) electrons. The monoisotopic (exact) mass is 803 g/mol. The Morgan fingerprint density at radius 1 is 0.862 bits per heavy atom. The number of pyridine rings is 1. The van der Waals surface area contributed by atoms with Crippen molar-refractivity contribution in [3.8, 4) is 11.3 Å². The second-order valence-corrected chi connectivity index (χ2v) is 16.5. The molecule has 0 bridgehead atoms. The van der Waals surface area contributed by atoms with Gasteiger partial charge in [-0.25, -0.2) is 12.9 Å². The highest BCUT2D eigenvalue weighted by Gasteiger charge is 2.45. The van der Waals surface area contributed by atoms with Crippen LogP contribution in [0.5, 0.6) is 0 Å². The largest absolute Gasteiger partial charge is 0.384 e. The number of rotatable bonds is 12. The fourth-order valence-corrected chi connectivity index (χ4v) is 8.22. The molecule has 3 aliphatic heterocycles. The van der Waals surface area contributed by atoms with Crippen molar-refractivity contribution in [1.82, 2.24) is 29.7 Å². The number of carbonyl (C=O) groups excluding carboxylic acids is 5. The molecule has 3 aliphatic rings. The topological polar surface area (TPSA) is 195 Å². The van der Waals surface area contributed by atoms with E-state index < -0.39 is 39.5 Å². The first-order chi connectivity index (χ1) is 27.9. The molecular weight excluding hydrogens is 763 g/mol. The molecule has 3 aromatic carbocycles. The van der Waals surface area contributed by atoms with Gasteiger partial charge in [-0.1, -0.05) is 24.3 Å². The van der Waals surface area contributed by atoms with Crippen LogP contribution in [0.25, 0.3) is 16.9 Å². The summed E-state index contributed by atoms with van der Waals surface area (Å²) in [4.78, 5) is 73.5. The third-order valence-electron chi connectivity index (χ3n) is 10.7. The third-order valence-corrected chi connectivity index (χ3v) is 11.8. The first-order valence-electron chi connectivity index (χ1n) is 19.1. The molecule has 8 rings (SSSR count). The lowest BCUT2D eigenvalue weighted by molar-refractivity contribution is -0.136. The third kappa shape index (κ3) is 7.72. The van der Waals surface area contributed by atoms with Crippen molar-refractivity contribution in [2.45, 2.75) is 43.0 Å². The zero-order valence-corrected chi connectivity index (χ0v) is 32.5. The number of nitrogens with zero attached hydrogens (tertiary/aromatic N) is 6. The van der Waals surface area contributed by atoms with Crippen molar-refractivity contribution in [3.05, 3.63) is 96.1 Å². The number of sulfone groups is 1. The van der Waals surface area contributed by atoms with Crippen molar-refractivity contribution < 1.29 is 32.4 Å². The smallest absolute Gasteiger partial charge is 0.264 e. The van der Waals surface area contributed by atoms with Crippen LogP contribution in [0.15, 0.2) is 89.8 Å². The second-order valence-electron chi connectivity index (χ2n) is 14.5. The van der Waals surface area contributed by atoms with Gasteiger partial charge >= 0.3 is 0 Å². The fraction of sp³-hybridized carbons (Fsp3) is 0.293. The van der Waals surface area contributed by atoms with Gasteiger partial charge in [0.25, 0.3) is 11.8 Å². The number of hydrogen-bond donors (Lipinski definition) is 3. The fourth-order valence-electron chi connectivity index (χ4n) is 7.59. The summed E-state index contributed by atoms with van der Waals surface area (Å²) in [6.07, 6.45) is 3.04. The highest BCUT2D eigenvalue weighted by atomic mass is 32.2. The van der Waals surface area contributed by atoms with Crippen molar-refractivity contribution in [3.63, 3.8) is 0 Å². The van der Waals surface area contributed by atoms with Gasteiger partial charge in [-0.3, -0.25) is 34.2 Å². The molecule has 5 aromatic rings. The number of imide groups is 2. The molecule has 58 heavy (non-hydrogen) atoms. The molecule has 3 N–H and O–H groups in total. The van der Waals surface area contributed by atoms with E-state index in [-0.39, 0.29) is 34.8 Å². The summed E-state index contributed by atoms with van der Waals surface area (Å²) in [5, 5.41) is 13.4. The molecule has 2 aromatic heterocycles. The molecule has 5 heterocycles. The highest BCUT2D eigenvalue weighted by molar-refractivity contribution is 7.90. The van der Waals surface area contributed by atoms with E-state index in [9.17, 15) is 32.4 Å². The lowest BCUT2D eigenvalue weighted by atomic mass is 10.0. The number of fused-ring (bicyclic) bond motifs is 2. The lowest BCUT2D eigenvalue weighted by Crippen LogP contribution is -2.54. The first-order valence-corrected chi connectivity index (χ1v) is 21.0. The van der Waals surface area contributed by atoms with Crippen LogP contribution < -0.4 is 20.9 Å². The summed E-state index contributed by atoms with van der Waals surface area (Å²) in [6, 6.07) is 24.2. The standard InChI is InChI=1S/C41H41N9O7S/c1-58(56,57)29-17-11-26(12-18-29)32-8-5-9-34-44-41(46-50(32)34)43-27-13-15-28(16-14-27)47-22-24-48(25-23-47)36(52)10-2-3-21-42-31-7-4-6-30-37(31)40(55)49(39(30)54)33-19-20-35(51)45-38(33)53/h4-9,11-18,33,42H,2-3,10,19-25H2,1H3,(H,43,46)(H,45,51,53). The minimum absolute atomic E-state index is 0.0560. The van der Waals surface area contributed by atoms with E-state index in [1.807, 2.05) is 47.4 Å². The van der Waals surface area contributed by atoms with Crippen LogP contribution in [0.3, 0.4) is 0 Å². The molecule has 1 unspecified atom stereocenters.